The highest BCUT2D eigenvalue weighted by Gasteiger charge is 2.12. The molecular formula is C13H11ClO2. The number of phenolic OH excluding ortho intramolecular Hbond substituents is 2. The van der Waals surface area contributed by atoms with Gasteiger partial charge in [-0.3, -0.25) is 0 Å². The summed E-state index contributed by atoms with van der Waals surface area (Å²) in [5.74, 6) is -0.0697. The molecule has 0 amide bonds. The number of rotatable bonds is 1. The van der Waals surface area contributed by atoms with Crippen LogP contribution in [-0.4, -0.2) is 10.2 Å². The SMILES string of the molecule is Cc1cccc(-c2c(O)ccc(Cl)c2O)c1. The van der Waals surface area contributed by atoms with Gasteiger partial charge in [-0.25, -0.2) is 0 Å². The number of halogens is 1. The van der Waals surface area contributed by atoms with E-state index in [1.54, 1.807) is 0 Å². The minimum absolute atomic E-state index is 0.0208. The molecule has 2 aromatic carbocycles. The number of phenols is 2. The Morgan fingerprint density at radius 3 is 2.50 bits per heavy atom. The van der Waals surface area contributed by atoms with Gasteiger partial charge in [-0.05, 0) is 24.6 Å². The van der Waals surface area contributed by atoms with Crippen LogP contribution in [0.25, 0.3) is 11.1 Å². The van der Waals surface area contributed by atoms with Crippen molar-refractivity contribution in [2.75, 3.05) is 0 Å². The van der Waals surface area contributed by atoms with Crippen LogP contribution in [0.2, 0.25) is 5.02 Å². The molecule has 0 spiro atoms. The van der Waals surface area contributed by atoms with Gasteiger partial charge in [0.2, 0.25) is 0 Å². The van der Waals surface area contributed by atoms with Crippen molar-refractivity contribution in [1.29, 1.82) is 0 Å². The Morgan fingerprint density at radius 1 is 1.06 bits per heavy atom. The third kappa shape index (κ3) is 1.84. The molecule has 0 radical (unpaired) electrons. The standard InChI is InChI=1S/C13H11ClO2/c1-8-3-2-4-9(7-8)12-11(15)6-5-10(14)13(12)16/h2-7,15-16H,1H3. The van der Waals surface area contributed by atoms with Gasteiger partial charge in [0, 0.05) is 0 Å². The molecule has 0 heterocycles. The van der Waals surface area contributed by atoms with E-state index in [1.165, 1.54) is 12.1 Å². The predicted molar refractivity (Wildman–Crippen MR) is 65.0 cm³/mol. The molecule has 3 heteroatoms. The van der Waals surface area contributed by atoms with E-state index < -0.39 is 0 Å². The molecule has 0 unspecified atom stereocenters. The molecule has 2 nitrogen and oxygen atoms in total. The molecule has 0 saturated heterocycles. The van der Waals surface area contributed by atoms with Crippen molar-refractivity contribution < 1.29 is 10.2 Å². The van der Waals surface area contributed by atoms with E-state index in [0.717, 1.165) is 11.1 Å². The first-order valence-corrected chi connectivity index (χ1v) is 5.25. The fraction of sp³-hybridized carbons (Fsp3) is 0.0769. The van der Waals surface area contributed by atoms with E-state index in [0.29, 0.717) is 5.56 Å². The normalized spacial score (nSPS) is 10.4. The average Bonchev–Trinajstić information content (AvgIpc) is 2.24. The molecule has 0 aliphatic carbocycles. The van der Waals surface area contributed by atoms with Crippen molar-refractivity contribution in [3.05, 3.63) is 47.0 Å². The van der Waals surface area contributed by atoms with Gasteiger partial charge in [0.1, 0.15) is 11.5 Å². The smallest absolute Gasteiger partial charge is 0.145 e. The van der Waals surface area contributed by atoms with E-state index in [4.69, 9.17) is 11.6 Å². The lowest BCUT2D eigenvalue weighted by Gasteiger charge is -2.09. The summed E-state index contributed by atoms with van der Waals surface area (Å²) in [4.78, 5) is 0. The molecule has 0 bridgehead atoms. The minimum Gasteiger partial charge on any atom is -0.507 e. The summed E-state index contributed by atoms with van der Waals surface area (Å²) in [6.45, 7) is 1.95. The van der Waals surface area contributed by atoms with Gasteiger partial charge in [-0.1, -0.05) is 41.4 Å². The Bertz CT molecular complexity index is 535. The second-order valence-electron chi connectivity index (χ2n) is 3.66. The van der Waals surface area contributed by atoms with Crippen LogP contribution in [0.1, 0.15) is 5.56 Å². The third-order valence-corrected chi connectivity index (χ3v) is 2.72. The zero-order valence-electron chi connectivity index (χ0n) is 8.74. The Morgan fingerprint density at radius 2 is 1.81 bits per heavy atom. The van der Waals surface area contributed by atoms with Crippen LogP contribution in [0, 0.1) is 6.92 Å². The highest BCUT2D eigenvalue weighted by atomic mass is 35.5. The molecule has 0 aromatic heterocycles. The summed E-state index contributed by atoms with van der Waals surface area (Å²) in [5, 5.41) is 19.8. The molecular weight excluding hydrogens is 224 g/mol. The highest BCUT2D eigenvalue weighted by molar-refractivity contribution is 6.32. The molecule has 0 aliphatic heterocycles. The molecule has 0 saturated carbocycles. The van der Waals surface area contributed by atoms with Crippen molar-refractivity contribution in [3.8, 4) is 22.6 Å². The minimum atomic E-state index is -0.0905. The van der Waals surface area contributed by atoms with E-state index in [2.05, 4.69) is 0 Å². The maximum atomic E-state index is 9.83. The second-order valence-corrected chi connectivity index (χ2v) is 4.07. The first kappa shape index (κ1) is 10.8. The van der Waals surface area contributed by atoms with E-state index in [-0.39, 0.29) is 16.5 Å². The Kier molecular flexibility index (Phi) is 2.75. The number of hydrogen-bond donors (Lipinski definition) is 2. The van der Waals surface area contributed by atoms with Gasteiger partial charge in [0.25, 0.3) is 0 Å². The van der Waals surface area contributed by atoms with Crippen LogP contribution >= 0.6 is 11.6 Å². The fourth-order valence-corrected chi connectivity index (χ4v) is 1.80. The molecule has 0 atom stereocenters. The maximum absolute atomic E-state index is 9.83. The lowest BCUT2D eigenvalue weighted by Crippen LogP contribution is -1.83. The van der Waals surface area contributed by atoms with Crippen molar-refractivity contribution >= 4 is 11.6 Å². The summed E-state index contributed by atoms with van der Waals surface area (Å²) in [7, 11) is 0. The van der Waals surface area contributed by atoms with Crippen LogP contribution < -0.4 is 0 Å². The largest absolute Gasteiger partial charge is 0.507 e. The average molecular weight is 235 g/mol. The number of aryl methyl sites for hydroxylation is 1. The number of hydrogen-bond acceptors (Lipinski definition) is 2. The summed E-state index contributed by atoms with van der Waals surface area (Å²) in [6.07, 6.45) is 0. The Balaban J connectivity index is 2.68. The summed E-state index contributed by atoms with van der Waals surface area (Å²) >= 11 is 5.81. The lowest BCUT2D eigenvalue weighted by atomic mass is 10.0. The van der Waals surface area contributed by atoms with Crippen molar-refractivity contribution in [2.45, 2.75) is 6.92 Å². The maximum Gasteiger partial charge on any atom is 0.145 e. The highest BCUT2D eigenvalue weighted by Crippen LogP contribution is 2.41. The molecule has 82 valence electrons. The summed E-state index contributed by atoms with van der Waals surface area (Å²) in [6, 6.07) is 10.4. The molecule has 2 aromatic rings. The van der Waals surface area contributed by atoms with Crippen LogP contribution in [0.15, 0.2) is 36.4 Å². The zero-order chi connectivity index (χ0) is 11.7. The lowest BCUT2D eigenvalue weighted by molar-refractivity contribution is 0.454. The number of benzene rings is 2. The second kappa shape index (κ2) is 4.06. The first-order chi connectivity index (χ1) is 7.59. The fourth-order valence-electron chi connectivity index (χ4n) is 1.64. The van der Waals surface area contributed by atoms with E-state index in [1.807, 2.05) is 31.2 Å². The Hall–Kier alpha value is -1.67. The monoisotopic (exact) mass is 234 g/mol. The topological polar surface area (TPSA) is 40.5 Å². The zero-order valence-corrected chi connectivity index (χ0v) is 9.49. The van der Waals surface area contributed by atoms with Gasteiger partial charge in [-0.2, -0.15) is 0 Å². The van der Waals surface area contributed by atoms with Gasteiger partial charge in [0.05, 0.1) is 10.6 Å². The van der Waals surface area contributed by atoms with Crippen LogP contribution in [0.4, 0.5) is 0 Å². The van der Waals surface area contributed by atoms with Crippen LogP contribution in [0.5, 0.6) is 11.5 Å². The summed E-state index contributed by atoms with van der Waals surface area (Å²) < 4.78 is 0. The first-order valence-electron chi connectivity index (χ1n) is 4.87. The molecule has 2 N–H and O–H groups in total. The van der Waals surface area contributed by atoms with Crippen LogP contribution in [-0.2, 0) is 0 Å². The van der Waals surface area contributed by atoms with Crippen molar-refractivity contribution in [1.82, 2.24) is 0 Å². The summed E-state index contributed by atoms with van der Waals surface area (Å²) in [5.41, 5.74) is 2.17. The number of aromatic hydroxyl groups is 2. The Labute approximate surface area is 98.7 Å². The van der Waals surface area contributed by atoms with Crippen molar-refractivity contribution in [3.63, 3.8) is 0 Å². The van der Waals surface area contributed by atoms with Gasteiger partial charge >= 0.3 is 0 Å². The van der Waals surface area contributed by atoms with Gasteiger partial charge in [0.15, 0.2) is 0 Å². The predicted octanol–water partition coefficient (Wildman–Crippen LogP) is 3.73. The molecule has 2 rings (SSSR count). The molecule has 16 heavy (non-hydrogen) atoms. The van der Waals surface area contributed by atoms with E-state index >= 15 is 0 Å². The van der Waals surface area contributed by atoms with Crippen molar-refractivity contribution in [2.24, 2.45) is 0 Å². The van der Waals surface area contributed by atoms with Gasteiger partial charge < -0.3 is 10.2 Å². The third-order valence-electron chi connectivity index (χ3n) is 2.41. The molecule has 0 aliphatic rings. The quantitative estimate of drug-likeness (QED) is 0.789. The molecule has 0 fully saturated rings. The van der Waals surface area contributed by atoms with Gasteiger partial charge in [-0.15, -0.1) is 0 Å². The van der Waals surface area contributed by atoms with Crippen LogP contribution in [0.3, 0.4) is 0 Å². The van der Waals surface area contributed by atoms with E-state index in [9.17, 15) is 10.2 Å².